The van der Waals surface area contributed by atoms with Crippen LogP contribution in [0.25, 0.3) is 10.8 Å². The number of benzene rings is 2. The van der Waals surface area contributed by atoms with Crippen molar-refractivity contribution in [1.82, 2.24) is 10.3 Å². The van der Waals surface area contributed by atoms with E-state index in [0.29, 0.717) is 18.0 Å². The number of nitrogens with one attached hydrogen (secondary N) is 1. The highest BCUT2D eigenvalue weighted by Crippen LogP contribution is 2.18. The van der Waals surface area contributed by atoms with Gasteiger partial charge < -0.3 is 10.1 Å². The number of nitrogens with zero attached hydrogens (tertiary/aromatic N) is 1. The number of fused-ring (bicyclic) bond motifs is 1. The van der Waals surface area contributed by atoms with Crippen LogP contribution in [0.3, 0.4) is 0 Å². The highest BCUT2D eigenvalue weighted by Gasteiger charge is 2.09. The SMILES string of the molecule is COc1cc(CNC(=O)c2cccc3ccccc23)ccn1. The monoisotopic (exact) mass is 292 g/mol. The number of ether oxygens (including phenoxy) is 1. The first-order valence-corrected chi connectivity index (χ1v) is 7.03. The maximum Gasteiger partial charge on any atom is 0.252 e. The molecule has 0 saturated heterocycles. The van der Waals surface area contributed by atoms with Crippen molar-refractivity contribution in [3.63, 3.8) is 0 Å². The van der Waals surface area contributed by atoms with Gasteiger partial charge >= 0.3 is 0 Å². The quantitative estimate of drug-likeness (QED) is 0.803. The predicted octanol–water partition coefficient (Wildman–Crippen LogP) is 3.17. The molecule has 1 amide bonds. The van der Waals surface area contributed by atoms with Gasteiger partial charge in [-0.25, -0.2) is 4.98 Å². The minimum absolute atomic E-state index is 0.0902. The minimum Gasteiger partial charge on any atom is -0.481 e. The first kappa shape index (κ1) is 14.1. The Morgan fingerprint density at radius 1 is 1.14 bits per heavy atom. The molecular weight excluding hydrogens is 276 g/mol. The number of hydrogen-bond acceptors (Lipinski definition) is 3. The summed E-state index contributed by atoms with van der Waals surface area (Å²) in [7, 11) is 1.57. The second kappa shape index (κ2) is 6.26. The first-order chi connectivity index (χ1) is 10.8. The fourth-order valence-corrected chi connectivity index (χ4v) is 2.37. The minimum atomic E-state index is -0.0902. The van der Waals surface area contributed by atoms with Gasteiger partial charge in [0.25, 0.3) is 5.91 Å². The summed E-state index contributed by atoms with van der Waals surface area (Å²) in [5.74, 6) is 0.449. The number of aromatic nitrogens is 1. The highest BCUT2D eigenvalue weighted by molar-refractivity contribution is 6.06. The molecule has 0 aliphatic carbocycles. The number of carbonyl (C=O) groups excluding carboxylic acids is 1. The number of pyridine rings is 1. The fraction of sp³-hybridized carbons (Fsp3) is 0.111. The second-order valence-electron chi connectivity index (χ2n) is 4.92. The van der Waals surface area contributed by atoms with E-state index in [1.54, 1.807) is 13.3 Å². The van der Waals surface area contributed by atoms with Gasteiger partial charge in [-0.3, -0.25) is 4.79 Å². The summed E-state index contributed by atoms with van der Waals surface area (Å²) < 4.78 is 5.08. The molecule has 0 aliphatic rings. The van der Waals surface area contributed by atoms with Crippen LogP contribution in [0.15, 0.2) is 60.8 Å². The zero-order valence-corrected chi connectivity index (χ0v) is 12.2. The lowest BCUT2D eigenvalue weighted by Crippen LogP contribution is -2.23. The Labute approximate surface area is 128 Å². The van der Waals surface area contributed by atoms with Crippen LogP contribution < -0.4 is 10.1 Å². The summed E-state index contributed by atoms with van der Waals surface area (Å²) in [6.45, 7) is 0.431. The zero-order chi connectivity index (χ0) is 15.4. The molecule has 110 valence electrons. The number of amides is 1. The number of carbonyl (C=O) groups is 1. The van der Waals surface area contributed by atoms with Gasteiger partial charge in [0.15, 0.2) is 0 Å². The van der Waals surface area contributed by atoms with Crippen LogP contribution in [0.2, 0.25) is 0 Å². The van der Waals surface area contributed by atoms with Gasteiger partial charge in [0, 0.05) is 24.4 Å². The van der Waals surface area contributed by atoms with Crippen molar-refractivity contribution in [3.05, 3.63) is 71.9 Å². The third-order valence-electron chi connectivity index (χ3n) is 3.50. The third kappa shape index (κ3) is 2.91. The zero-order valence-electron chi connectivity index (χ0n) is 12.2. The van der Waals surface area contributed by atoms with Crippen molar-refractivity contribution >= 4 is 16.7 Å². The molecule has 0 aliphatic heterocycles. The number of hydrogen-bond donors (Lipinski definition) is 1. The van der Waals surface area contributed by atoms with Gasteiger partial charge in [-0.2, -0.15) is 0 Å². The number of rotatable bonds is 4. The summed E-state index contributed by atoms with van der Waals surface area (Å²) in [5.41, 5.74) is 1.62. The molecule has 4 nitrogen and oxygen atoms in total. The maximum atomic E-state index is 12.4. The van der Waals surface area contributed by atoms with E-state index in [1.165, 1.54) is 0 Å². The molecule has 0 atom stereocenters. The largest absolute Gasteiger partial charge is 0.481 e. The Hall–Kier alpha value is -2.88. The first-order valence-electron chi connectivity index (χ1n) is 7.03. The van der Waals surface area contributed by atoms with Crippen LogP contribution in [0.4, 0.5) is 0 Å². The molecule has 1 aromatic heterocycles. The maximum absolute atomic E-state index is 12.4. The van der Waals surface area contributed by atoms with Crippen LogP contribution in [-0.2, 0) is 6.54 Å². The summed E-state index contributed by atoms with van der Waals surface area (Å²) >= 11 is 0. The van der Waals surface area contributed by atoms with Gasteiger partial charge in [0.1, 0.15) is 0 Å². The van der Waals surface area contributed by atoms with Crippen LogP contribution in [0.5, 0.6) is 5.88 Å². The lowest BCUT2D eigenvalue weighted by Gasteiger charge is -2.08. The molecule has 0 spiro atoms. The predicted molar refractivity (Wildman–Crippen MR) is 85.9 cm³/mol. The second-order valence-corrected chi connectivity index (χ2v) is 4.92. The fourth-order valence-electron chi connectivity index (χ4n) is 2.37. The Bertz CT molecular complexity index is 810. The summed E-state index contributed by atoms with van der Waals surface area (Å²) in [6.07, 6.45) is 1.66. The van der Waals surface area contributed by atoms with Crippen molar-refractivity contribution in [1.29, 1.82) is 0 Å². The lowest BCUT2D eigenvalue weighted by molar-refractivity contribution is 0.0952. The standard InChI is InChI=1S/C18H16N2O2/c1-22-17-11-13(9-10-19-17)12-20-18(21)16-8-4-6-14-5-2-3-7-15(14)16/h2-11H,12H2,1H3,(H,20,21). The van der Waals surface area contributed by atoms with Crippen LogP contribution >= 0.6 is 0 Å². The molecule has 0 unspecified atom stereocenters. The molecule has 0 radical (unpaired) electrons. The van der Waals surface area contributed by atoms with E-state index in [-0.39, 0.29) is 5.91 Å². The van der Waals surface area contributed by atoms with Gasteiger partial charge in [0.2, 0.25) is 5.88 Å². The van der Waals surface area contributed by atoms with Gasteiger partial charge in [-0.05, 0) is 28.5 Å². The Morgan fingerprint density at radius 2 is 1.95 bits per heavy atom. The molecule has 0 fully saturated rings. The van der Waals surface area contributed by atoms with E-state index in [0.717, 1.165) is 16.3 Å². The molecule has 3 rings (SSSR count). The van der Waals surface area contributed by atoms with Crippen molar-refractivity contribution in [2.75, 3.05) is 7.11 Å². The Balaban J connectivity index is 1.79. The smallest absolute Gasteiger partial charge is 0.252 e. The number of methoxy groups -OCH3 is 1. The Kier molecular flexibility index (Phi) is 4.01. The highest BCUT2D eigenvalue weighted by atomic mass is 16.5. The van der Waals surface area contributed by atoms with Gasteiger partial charge in [-0.15, -0.1) is 0 Å². The van der Waals surface area contributed by atoms with E-state index in [2.05, 4.69) is 10.3 Å². The molecule has 1 N–H and O–H groups in total. The Morgan fingerprint density at radius 3 is 2.82 bits per heavy atom. The molecule has 0 bridgehead atoms. The van der Waals surface area contributed by atoms with Crippen LogP contribution in [0.1, 0.15) is 15.9 Å². The van der Waals surface area contributed by atoms with E-state index >= 15 is 0 Å². The lowest BCUT2D eigenvalue weighted by atomic mass is 10.0. The molecule has 0 saturated carbocycles. The molecule has 1 heterocycles. The van der Waals surface area contributed by atoms with Crippen molar-refractivity contribution in [3.8, 4) is 5.88 Å². The third-order valence-corrected chi connectivity index (χ3v) is 3.50. The summed E-state index contributed by atoms with van der Waals surface area (Å²) in [5, 5.41) is 4.95. The van der Waals surface area contributed by atoms with E-state index < -0.39 is 0 Å². The summed E-state index contributed by atoms with van der Waals surface area (Å²) in [4.78, 5) is 16.5. The van der Waals surface area contributed by atoms with E-state index in [4.69, 9.17) is 4.74 Å². The average molecular weight is 292 g/mol. The normalized spacial score (nSPS) is 10.4. The molecule has 3 aromatic rings. The van der Waals surface area contributed by atoms with Gasteiger partial charge in [-0.1, -0.05) is 36.4 Å². The molecule has 2 aromatic carbocycles. The van der Waals surface area contributed by atoms with Gasteiger partial charge in [0.05, 0.1) is 7.11 Å². The van der Waals surface area contributed by atoms with Crippen molar-refractivity contribution < 1.29 is 9.53 Å². The van der Waals surface area contributed by atoms with E-state index in [9.17, 15) is 4.79 Å². The summed E-state index contributed by atoms with van der Waals surface area (Å²) in [6, 6.07) is 17.3. The van der Waals surface area contributed by atoms with Crippen LogP contribution in [0, 0.1) is 0 Å². The van der Waals surface area contributed by atoms with E-state index in [1.807, 2.05) is 54.6 Å². The molecule has 22 heavy (non-hydrogen) atoms. The van der Waals surface area contributed by atoms with Crippen LogP contribution in [-0.4, -0.2) is 18.0 Å². The van der Waals surface area contributed by atoms with Crippen molar-refractivity contribution in [2.45, 2.75) is 6.54 Å². The topological polar surface area (TPSA) is 51.2 Å². The molecular formula is C18H16N2O2. The average Bonchev–Trinajstić information content (AvgIpc) is 2.59. The van der Waals surface area contributed by atoms with Crippen molar-refractivity contribution in [2.24, 2.45) is 0 Å². The molecule has 4 heteroatoms.